The van der Waals surface area contributed by atoms with Gasteiger partial charge in [0, 0.05) is 6.42 Å². The van der Waals surface area contributed by atoms with Gasteiger partial charge in [0.1, 0.15) is 5.60 Å². The molecule has 0 spiro atoms. The molecule has 0 amide bonds. The van der Waals surface area contributed by atoms with E-state index in [1.807, 2.05) is 0 Å². The maximum Gasteiger partial charge on any atom is 0.323 e. The summed E-state index contributed by atoms with van der Waals surface area (Å²) >= 11 is 0. The van der Waals surface area contributed by atoms with E-state index in [9.17, 15) is 9.59 Å². The second-order valence-corrected chi connectivity index (χ2v) is 4.72. The number of cyclic esters (lactones) is 1. The second kappa shape index (κ2) is 3.26. The van der Waals surface area contributed by atoms with Gasteiger partial charge in [0.15, 0.2) is 5.41 Å². The Labute approximate surface area is 83.6 Å². The van der Waals surface area contributed by atoms with Crippen molar-refractivity contribution in [1.29, 1.82) is 0 Å². The summed E-state index contributed by atoms with van der Waals surface area (Å²) in [4.78, 5) is 23.0. The van der Waals surface area contributed by atoms with E-state index < -0.39 is 23.0 Å². The molecule has 4 heteroatoms. The van der Waals surface area contributed by atoms with Gasteiger partial charge in [-0.25, -0.2) is 0 Å². The van der Waals surface area contributed by atoms with Crippen molar-refractivity contribution in [2.45, 2.75) is 39.7 Å². The van der Waals surface area contributed by atoms with Crippen LogP contribution in [0.5, 0.6) is 0 Å². The molecule has 0 N–H and O–H groups in total. The number of carbonyl (C=O) groups excluding carboxylic acids is 2. The molecule has 4 nitrogen and oxygen atoms in total. The van der Waals surface area contributed by atoms with Crippen molar-refractivity contribution >= 4 is 11.9 Å². The molecule has 0 aromatic carbocycles. The normalized spacial score (nSPS) is 27.3. The summed E-state index contributed by atoms with van der Waals surface area (Å²) in [6.07, 6.45) is 0.404. The van der Waals surface area contributed by atoms with Gasteiger partial charge in [0.25, 0.3) is 0 Å². The summed E-state index contributed by atoms with van der Waals surface area (Å²) < 4.78 is 9.92. The van der Waals surface area contributed by atoms with Crippen LogP contribution in [0.1, 0.15) is 34.1 Å². The highest BCUT2D eigenvalue weighted by Crippen LogP contribution is 2.32. The van der Waals surface area contributed by atoms with E-state index in [4.69, 9.17) is 9.47 Å². The Balaban J connectivity index is 2.74. The van der Waals surface area contributed by atoms with E-state index in [2.05, 4.69) is 0 Å². The Bertz CT molecular complexity index is 264. The van der Waals surface area contributed by atoms with Gasteiger partial charge in [-0.15, -0.1) is 0 Å². The first-order chi connectivity index (χ1) is 6.26. The highest BCUT2D eigenvalue weighted by molar-refractivity contribution is 6.00. The van der Waals surface area contributed by atoms with Crippen LogP contribution in [0.25, 0.3) is 0 Å². The minimum absolute atomic E-state index is 0.300. The topological polar surface area (TPSA) is 52.6 Å². The lowest BCUT2D eigenvalue weighted by Gasteiger charge is -2.25. The second-order valence-electron chi connectivity index (χ2n) is 4.72. The first-order valence-electron chi connectivity index (χ1n) is 4.66. The third-order valence-corrected chi connectivity index (χ3v) is 2.14. The largest absolute Gasteiger partial charge is 0.465 e. The lowest BCUT2D eigenvalue weighted by atomic mass is 9.89. The number of carbonyl (C=O) groups is 2. The van der Waals surface area contributed by atoms with Crippen molar-refractivity contribution in [2.75, 3.05) is 6.61 Å². The average Bonchev–Trinajstić information content (AvgIpc) is 2.30. The van der Waals surface area contributed by atoms with E-state index in [0.717, 1.165) is 0 Å². The van der Waals surface area contributed by atoms with Crippen LogP contribution in [0.3, 0.4) is 0 Å². The molecule has 1 atom stereocenters. The molecule has 0 saturated carbocycles. The molecule has 14 heavy (non-hydrogen) atoms. The molecule has 1 fully saturated rings. The van der Waals surface area contributed by atoms with E-state index >= 15 is 0 Å². The van der Waals surface area contributed by atoms with E-state index in [1.165, 1.54) is 0 Å². The number of esters is 2. The van der Waals surface area contributed by atoms with Crippen LogP contribution >= 0.6 is 0 Å². The Morgan fingerprint density at radius 3 is 2.43 bits per heavy atom. The summed E-state index contributed by atoms with van der Waals surface area (Å²) in [5.74, 6) is -0.973. The molecule has 80 valence electrons. The SMILES string of the molecule is CC(C)(C)OC(=O)C1(C)CCOC1=O. The Morgan fingerprint density at radius 1 is 1.50 bits per heavy atom. The monoisotopic (exact) mass is 200 g/mol. The molecule has 0 aliphatic carbocycles. The smallest absolute Gasteiger partial charge is 0.323 e. The molecule has 0 aromatic heterocycles. The van der Waals surface area contributed by atoms with E-state index in [1.54, 1.807) is 27.7 Å². The van der Waals surface area contributed by atoms with Gasteiger partial charge in [-0.3, -0.25) is 9.59 Å². The number of hydrogen-bond donors (Lipinski definition) is 0. The van der Waals surface area contributed by atoms with Gasteiger partial charge in [-0.1, -0.05) is 0 Å². The fraction of sp³-hybridized carbons (Fsp3) is 0.800. The standard InChI is InChI=1S/C10H16O4/c1-9(2,3)14-8(12)10(4)5-6-13-7(10)11/h5-6H2,1-4H3. The molecular formula is C10H16O4. The van der Waals surface area contributed by atoms with Gasteiger partial charge in [-0.2, -0.15) is 0 Å². The van der Waals surface area contributed by atoms with Gasteiger partial charge in [-0.05, 0) is 27.7 Å². The molecule has 0 radical (unpaired) electrons. The Hall–Kier alpha value is -1.06. The summed E-state index contributed by atoms with van der Waals surface area (Å²) in [6.45, 7) is 7.18. The Kier molecular flexibility index (Phi) is 2.56. The third kappa shape index (κ3) is 2.05. The highest BCUT2D eigenvalue weighted by Gasteiger charge is 2.49. The molecule has 1 heterocycles. The lowest BCUT2D eigenvalue weighted by molar-refractivity contribution is -0.171. The first kappa shape index (κ1) is 11.0. The first-order valence-corrected chi connectivity index (χ1v) is 4.66. The molecule has 0 bridgehead atoms. The number of rotatable bonds is 1. The fourth-order valence-corrected chi connectivity index (χ4v) is 1.19. The minimum Gasteiger partial charge on any atom is -0.465 e. The van der Waals surface area contributed by atoms with Crippen molar-refractivity contribution in [2.24, 2.45) is 5.41 Å². The van der Waals surface area contributed by atoms with Crippen LogP contribution in [-0.4, -0.2) is 24.1 Å². The Morgan fingerprint density at radius 2 is 2.07 bits per heavy atom. The summed E-state index contributed by atoms with van der Waals surface area (Å²) in [7, 11) is 0. The van der Waals surface area contributed by atoms with Gasteiger partial charge >= 0.3 is 11.9 Å². The van der Waals surface area contributed by atoms with Gasteiger partial charge in [0.2, 0.25) is 0 Å². The van der Waals surface area contributed by atoms with Crippen LogP contribution in [0, 0.1) is 5.41 Å². The van der Waals surface area contributed by atoms with Crippen LogP contribution in [-0.2, 0) is 19.1 Å². The van der Waals surface area contributed by atoms with Crippen molar-refractivity contribution < 1.29 is 19.1 Å². The van der Waals surface area contributed by atoms with Crippen LogP contribution < -0.4 is 0 Å². The van der Waals surface area contributed by atoms with E-state index in [0.29, 0.717) is 13.0 Å². The molecule has 0 aromatic rings. The fourth-order valence-electron chi connectivity index (χ4n) is 1.19. The van der Waals surface area contributed by atoms with Crippen molar-refractivity contribution in [3.05, 3.63) is 0 Å². The highest BCUT2D eigenvalue weighted by atomic mass is 16.6. The molecule has 1 aliphatic rings. The van der Waals surface area contributed by atoms with Crippen molar-refractivity contribution in [1.82, 2.24) is 0 Å². The van der Waals surface area contributed by atoms with E-state index in [-0.39, 0.29) is 0 Å². The molecule has 1 unspecified atom stereocenters. The summed E-state index contributed by atoms with van der Waals surface area (Å²) in [5, 5.41) is 0. The molecule has 1 saturated heterocycles. The van der Waals surface area contributed by atoms with Crippen LogP contribution in [0.15, 0.2) is 0 Å². The zero-order valence-corrected chi connectivity index (χ0v) is 9.05. The maximum absolute atomic E-state index is 11.7. The minimum atomic E-state index is -1.10. The van der Waals surface area contributed by atoms with Gasteiger partial charge in [0.05, 0.1) is 6.61 Å². The average molecular weight is 200 g/mol. The quantitative estimate of drug-likeness (QED) is 0.472. The number of hydrogen-bond acceptors (Lipinski definition) is 4. The van der Waals surface area contributed by atoms with Crippen LogP contribution in [0.4, 0.5) is 0 Å². The van der Waals surface area contributed by atoms with Gasteiger partial charge < -0.3 is 9.47 Å². The molecular weight excluding hydrogens is 184 g/mol. The van der Waals surface area contributed by atoms with Crippen molar-refractivity contribution in [3.8, 4) is 0 Å². The predicted molar refractivity (Wildman–Crippen MR) is 49.5 cm³/mol. The zero-order valence-electron chi connectivity index (χ0n) is 9.05. The number of ether oxygens (including phenoxy) is 2. The van der Waals surface area contributed by atoms with Crippen LogP contribution in [0.2, 0.25) is 0 Å². The third-order valence-electron chi connectivity index (χ3n) is 2.14. The summed E-state index contributed by atoms with van der Waals surface area (Å²) in [6, 6.07) is 0. The predicted octanol–water partition coefficient (Wildman–Crippen LogP) is 1.28. The molecule has 1 aliphatic heterocycles. The lowest BCUT2D eigenvalue weighted by Crippen LogP contribution is -2.38. The zero-order chi connectivity index (χ0) is 11.0. The summed E-state index contributed by atoms with van der Waals surface area (Å²) in [5.41, 5.74) is -1.67. The molecule has 1 rings (SSSR count). The maximum atomic E-state index is 11.7. The van der Waals surface area contributed by atoms with Crippen molar-refractivity contribution in [3.63, 3.8) is 0 Å².